The van der Waals surface area contributed by atoms with Gasteiger partial charge >= 0.3 is 0 Å². The Morgan fingerprint density at radius 3 is 2.33 bits per heavy atom. The van der Waals surface area contributed by atoms with E-state index in [1.807, 2.05) is 26.0 Å². The maximum atomic E-state index is 15.2. The van der Waals surface area contributed by atoms with Gasteiger partial charge in [0.25, 0.3) is 0 Å². The molecule has 1 aromatic heterocycles. The largest absolute Gasteiger partial charge is 0.493 e. The van der Waals surface area contributed by atoms with Crippen LogP contribution in [0.2, 0.25) is 0 Å². The first-order valence-electron chi connectivity index (χ1n) is 14.2. The van der Waals surface area contributed by atoms with Gasteiger partial charge < -0.3 is 30.2 Å². The Kier molecular flexibility index (Phi) is 9.01. The van der Waals surface area contributed by atoms with Crippen molar-refractivity contribution in [1.29, 1.82) is 0 Å². The third-order valence-electron chi connectivity index (χ3n) is 7.21. The molecule has 0 spiro atoms. The second-order valence-electron chi connectivity index (χ2n) is 10.4. The van der Waals surface area contributed by atoms with Crippen molar-refractivity contribution >= 4 is 34.1 Å². The van der Waals surface area contributed by atoms with Gasteiger partial charge in [-0.1, -0.05) is 24.6 Å². The van der Waals surface area contributed by atoms with Crippen LogP contribution in [0.1, 0.15) is 31.7 Å². The van der Waals surface area contributed by atoms with Crippen LogP contribution in [0.4, 0.5) is 15.8 Å². The molecule has 3 N–H and O–H groups in total. The lowest BCUT2D eigenvalue weighted by atomic mass is 10.0. The molecule has 0 bridgehead atoms. The highest BCUT2D eigenvalue weighted by Crippen LogP contribution is 2.47. The van der Waals surface area contributed by atoms with Crippen LogP contribution in [0.3, 0.4) is 0 Å². The fraction of sp³-hybridized carbons (Fsp3) is 0.312. The van der Waals surface area contributed by atoms with E-state index in [0.29, 0.717) is 47.5 Å². The van der Waals surface area contributed by atoms with E-state index in [0.717, 1.165) is 31.1 Å². The molecule has 43 heavy (non-hydrogen) atoms. The van der Waals surface area contributed by atoms with Gasteiger partial charge in [0.1, 0.15) is 11.7 Å². The zero-order valence-corrected chi connectivity index (χ0v) is 24.3. The number of benzene rings is 3. The summed E-state index contributed by atoms with van der Waals surface area (Å²) in [5.74, 6) is -0.563. The van der Waals surface area contributed by atoms with Crippen molar-refractivity contribution in [2.75, 3.05) is 37.4 Å². The van der Waals surface area contributed by atoms with E-state index in [2.05, 4.69) is 25.9 Å². The third kappa shape index (κ3) is 6.83. The van der Waals surface area contributed by atoms with Crippen LogP contribution in [-0.2, 0) is 9.59 Å². The molecule has 2 amide bonds. The first-order valence-corrected chi connectivity index (χ1v) is 14.2. The van der Waals surface area contributed by atoms with Crippen LogP contribution in [0.15, 0.2) is 60.9 Å². The average Bonchev–Trinajstić information content (AvgIpc) is 3.82. The molecule has 3 aromatic carbocycles. The molecule has 1 saturated carbocycles. The molecule has 5 rings (SSSR count). The van der Waals surface area contributed by atoms with Crippen molar-refractivity contribution in [2.45, 2.75) is 33.1 Å². The van der Waals surface area contributed by atoms with Crippen LogP contribution < -0.4 is 30.2 Å². The average molecular weight is 588 g/mol. The van der Waals surface area contributed by atoms with E-state index < -0.39 is 17.1 Å². The van der Waals surface area contributed by atoms with Gasteiger partial charge in [0.15, 0.2) is 23.1 Å². The molecule has 11 heteroatoms. The molecule has 0 saturated heterocycles. The molecule has 1 aliphatic rings. The number of rotatable bonds is 13. The highest BCUT2D eigenvalue weighted by molar-refractivity contribution is 6.16. The number of fused-ring (bicyclic) bond motifs is 1. The molecule has 0 aliphatic heterocycles. The van der Waals surface area contributed by atoms with E-state index in [9.17, 15) is 9.59 Å². The van der Waals surface area contributed by atoms with Gasteiger partial charge in [0.05, 0.1) is 24.6 Å². The normalized spacial score (nSPS) is 13.3. The van der Waals surface area contributed by atoms with E-state index >= 15 is 4.39 Å². The maximum absolute atomic E-state index is 15.2. The summed E-state index contributed by atoms with van der Waals surface area (Å²) in [7, 11) is 1.53. The Morgan fingerprint density at radius 2 is 1.65 bits per heavy atom. The quantitative estimate of drug-likeness (QED) is 0.136. The molecule has 1 aliphatic carbocycles. The van der Waals surface area contributed by atoms with Crippen molar-refractivity contribution in [3.63, 3.8) is 0 Å². The van der Waals surface area contributed by atoms with Crippen LogP contribution in [0, 0.1) is 18.2 Å². The lowest BCUT2D eigenvalue weighted by molar-refractivity contribution is -0.131. The number of ether oxygens (including phenoxy) is 3. The van der Waals surface area contributed by atoms with E-state index in [1.54, 1.807) is 24.3 Å². The van der Waals surface area contributed by atoms with Gasteiger partial charge in [-0.05, 0) is 69.6 Å². The predicted octanol–water partition coefficient (Wildman–Crippen LogP) is 5.61. The van der Waals surface area contributed by atoms with E-state index in [-0.39, 0.29) is 23.2 Å². The number of nitrogens with one attached hydrogen (secondary N) is 3. The van der Waals surface area contributed by atoms with Crippen molar-refractivity contribution in [1.82, 2.24) is 15.3 Å². The number of aromatic nitrogens is 2. The lowest BCUT2D eigenvalue weighted by Crippen LogP contribution is -2.35. The number of carbonyl (C=O) groups excluding carboxylic acids is 2. The minimum atomic E-state index is -1.19. The van der Waals surface area contributed by atoms with Gasteiger partial charge in [-0.2, -0.15) is 0 Å². The molecular formula is C32H34FN5O5. The zero-order chi connectivity index (χ0) is 30.4. The minimum Gasteiger partial charge on any atom is -0.493 e. The summed E-state index contributed by atoms with van der Waals surface area (Å²) >= 11 is 0. The fourth-order valence-corrected chi connectivity index (χ4v) is 4.54. The molecule has 10 nitrogen and oxygen atoms in total. The summed E-state index contributed by atoms with van der Waals surface area (Å²) in [5, 5.41) is 9.23. The maximum Gasteiger partial charge on any atom is 0.240 e. The zero-order valence-electron chi connectivity index (χ0n) is 24.3. The van der Waals surface area contributed by atoms with E-state index in [1.165, 1.54) is 25.6 Å². The first-order chi connectivity index (χ1) is 20.8. The van der Waals surface area contributed by atoms with Crippen LogP contribution >= 0.6 is 0 Å². The Morgan fingerprint density at radius 1 is 0.930 bits per heavy atom. The Balaban J connectivity index is 1.27. The number of anilines is 2. The summed E-state index contributed by atoms with van der Waals surface area (Å²) in [6.07, 6.45) is 2.97. The fourth-order valence-electron chi connectivity index (χ4n) is 4.54. The number of hydrogen-bond donors (Lipinski definition) is 3. The number of methoxy groups -OCH3 is 1. The minimum absolute atomic E-state index is 0.0982. The SMILES string of the molecule is CCNCCCOc1cc2ncnc(Oc3ccc(NC(=O)C4(C(=O)Nc5ccc(C)cc5)CC4)cc3F)c2cc1OC. The van der Waals surface area contributed by atoms with Crippen molar-refractivity contribution in [3.05, 3.63) is 72.3 Å². The van der Waals surface area contributed by atoms with E-state index in [4.69, 9.17) is 14.2 Å². The number of amides is 2. The predicted molar refractivity (Wildman–Crippen MR) is 161 cm³/mol. The highest BCUT2D eigenvalue weighted by atomic mass is 19.1. The molecule has 0 atom stereocenters. The number of carbonyl (C=O) groups is 2. The van der Waals surface area contributed by atoms with Crippen molar-refractivity contribution in [3.8, 4) is 23.1 Å². The topological polar surface area (TPSA) is 124 Å². The molecule has 4 aromatic rings. The molecule has 1 fully saturated rings. The van der Waals surface area contributed by atoms with Crippen LogP contribution in [-0.4, -0.2) is 48.6 Å². The highest BCUT2D eigenvalue weighted by Gasteiger charge is 2.56. The van der Waals surface area contributed by atoms with Crippen molar-refractivity contribution < 1.29 is 28.2 Å². The second-order valence-corrected chi connectivity index (χ2v) is 10.4. The lowest BCUT2D eigenvalue weighted by Gasteiger charge is -2.16. The van der Waals surface area contributed by atoms with Gasteiger partial charge in [-0.3, -0.25) is 9.59 Å². The second kappa shape index (κ2) is 13.0. The summed E-state index contributed by atoms with van der Waals surface area (Å²) in [4.78, 5) is 34.5. The smallest absolute Gasteiger partial charge is 0.240 e. The molecular weight excluding hydrogens is 553 g/mol. The first kappa shape index (κ1) is 29.7. The third-order valence-corrected chi connectivity index (χ3v) is 7.21. The molecule has 0 radical (unpaired) electrons. The number of halogens is 1. The van der Waals surface area contributed by atoms with Gasteiger partial charge in [0.2, 0.25) is 17.7 Å². The summed E-state index contributed by atoms with van der Waals surface area (Å²) in [6.45, 7) is 6.22. The molecule has 0 unspecified atom stereocenters. The molecule has 1 heterocycles. The Hall–Kier alpha value is -4.77. The number of nitrogens with zero attached hydrogens (tertiary/aromatic N) is 2. The monoisotopic (exact) mass is 587 g/mol. The summed E-state index contributed by atoms with van der Waals surface area (Å²) in [5.41, 5.74) is 1.22. The van der Waals surface area contributed by atoms with Crippen molar-refractivity contribution in [2.24, 2.45) is 5.41 Å². The standard InChI is InChI=1S/C32H34FN5O5/c1-4-34-14-5-15-42-28-18-25-23(17-27(28)41-3)29(36-19-35-25)43-26-11-10-22(16-24(26)33)38-31(40)32(12-13-32)30(39)37-21-8-6-20(2)7-9-21/h6-11,16-19,34H,4-5,12-15H2,1-3H3,(H,37,39)(H,38,40). The number of aryl methyl sites for hydroxylation is 1. The Labute approximate surface area is 249 Å². The van der Waals surface area contributed by atoms with Gasteiger partial charge in [-0.15, -0.1) is 0 Å². The molecule has 224 valence electrons. The number of hydrogen-bond acceptors (Lipinski definition) is 8. The van der Waals surface area contributed by atoms with Gasteiger partial charge in [-0.25, -0.2) is 14.4 Å². The summed E-state index contributed by atoms with van der Waals surface area (Å²) < 4.78 is 32.4. The van der Waals surface area contributed by atoms with Crippen LogP contribution in [0.5, 0.6) is 23.1 Å². The van der Waals surface area contributed by atoms with Crippen LogP contribution in [0.25, 0.3) is 10.9 Å². The Bertz CT molecular complexity index is 1630. The summed E-state index contributed by atoms with van der Waals surface area (Å²) in [6, 6.07) is 14.8. The van der Waals surface area contributed by atoms with Gasteiger partial charge in [0, 0.05) is 23.5 Å².